The van der Waals surface area contributed by atoms with Crippen molar-refractivity contribution in [3.05, 3.63) is 29.8 Å². The second-order valence-corrected chi connectivity index (χ2v) is 4.19. The number of amides is 2. The zero-order valence-corrected chi connectivity index (χ0v) is 11.9. The summed E-state index contributed by atoms with van der Waals surface area (Å²) in [5.41, 5.74) is 1.02. The van der Waals surface area contributed by atoms with Gasteiger partial charge in [0, 0.05) is 13.1 Å². The highest BCUT2D eigenvalue weighted by Crippen LogP contribution is 2.17. The number of hydrogen-bond donors (Lipinski definition) is 3. The van der Waals surface area contributed by atoms with Crippen LogP contribution in [0.1, 0.15) is 5.56 Å². The molecular formula is C14H20N2O5. The van der Waals surface area contributed by atoms with Crippen LogP contribution in [0.15, 0.2) is 24.3 Å². The maximum Gasteiger partial charge on any atom is 0.329 e. The van der Waals surface area contributed by atoms with Gasteiger partial charge in [-0.05, 0) is 18.1 Å². The van der Waals surface area contributed by atoms with Crippen molar-refractivity contribution in [1.82, 2.24) is 10.6 Å². The molecule has 0 radical (unpaired) electrons. The van der Waals surface area contributed by atoms with Crippen molar-refractivity contribution in [3.8, 4) is 5.75 Å². The number of rotatable bonds is 9. The Morgan fingerprint density at radius 2 is 1.90 bits per heavy atom. The molecule has 0 atom stereocenters. The molecular weight excluding hydrogens is 276 g/mol. The fourth-order valence-corrected chi connectivity index (χ4v) is 1.68. The molecule has 1 aromatic carbocycles. The van der Waals surface area contributed by atoms with Crippen LogP contribution in [-0.4, -0.2) is 50.5 Å². The number of carboxylic acids is 1. The van der Waals surface area contributed by atoms with Gasteiger partial charge in [-0.3, -0.25) is 0 Å². The minimum atomic E-state index is -1.03. The number of ether oxygens (including phenoxy) is 2. The standard InChI is InChI=1S/C14H20N2O5/c1-20-12-5-3-2-4-11(12)6-7-15-14(19)16-8-9-21-10-13(17)18/h2-5H,6-10H2,1H3,(H,17,18)(H2,15,16,19). The van der Waals surface area contributed by atoms with Gasteiger partial charge in [0.25, 0.3) is 0 Å². The van der Waals surface area contributed by atoms with Crippen molar-refractivity contribution in [1.29, 1.82) is 0 Å². The lowest BCUT2D eigenvalue weighted by molar-refractivity contribution is -0.142. The molecule has 0 heterocycles. The van der Waals surface area contributed by atoms with Gasteiger partial charge in [0.15, 0.2) is 0 Å². The topological polar surface area (TPSA) is 96.9 Å². The molecule has 0 aliphatic rings. The third kappa shape index (κ3) is 7.17. The summed E-state index contributed by atoms with van der Waals surface area (Å²) in [6.07, 6.45) is 0.660. The number of hydrogen-bond acceptors (Lipinski definition) is 4. The summed E-state index contributed by atoms with van der Waals surface area (Å²) in [7, 11) is 1.61. The number of nitrogens with one attached hydrogen (secondary N) is 2. The molecule has 0 aliphatic heterocycles. The van der Waals surface area contributed by atoms with Crippen LogP contribution >= 0.6 is 0 Å². The van der Waals surface area contributed by atoms with Gasteiger partial charge in [0.1, 0.15) is 12.4 Å². The zero-order valence-electron chi connectivity index (χ0n) is 11.9. The Balaban J connectivity index is 2.14. The van der Waals surface area contributed by atoms with Crippen molar-refractivity contribution in [3.63, 3.8) is 0 Å². The number of carboxylic acid groups (broad SMARTS) is 1. The van der Waals surface area contributed by atoms with Crippen molar-refractivity contribution in [2.24, 2.45) is 0 Å². The monoisotopic (exact) mass is 296 g/mol. The average molecular weight is 296 g/mol. The number of aliphatic carboxylic acids is 1. The molecule has 1 aromatic rings. The predicted octanol–water partition coefficient (Wildman–Crippen LogP) is 0.638. The van der Waals surface area contributed by atoms with Gasteiger partial charge in [-0.15, -0.1) is 0 Å². The van der Waals surface area contributed by atoms with Crippen molar-refractivity contribution < 1.29 is 24.2 Å². The molecule has 7 nitrogen and oxygen atoms in total. The maximum absolute atomic E-state index is 11.5. The summed E-state index contributed by atoms with van der Waals surface area (Å²) in [6, 6.07) is 7.30. The number of methoxy groups -OCH3 is 1. The Labute approximate surface area is 123 Å². The van der Waals surface area contributed by atoms with E-state index in [1.54, 1.807) is 7.11 Å². The first-order valence-corrected chi connectivity index (χ1v) is 6.56. The van der Waals surface area contributed by atoms with Crippen molar-refractivity contribution in [2.75, 3.05) is 33.4 Å². The minimum Gasteiger partial charge on any atom is -0.496 e. The summed E-state index contributed by atoms with van der Waals surface area (Å²) in [6.45, 7) is 0.527. The highest BCUT2D eigenvalue weighted by atomic mass is 16.5. The Bertz CT molecular complexity index is 464. The molecule has 7 heteroatoms. The summed E-state index contributed by atoms with van der Waals surface area (Å²) < 4.78 is 10.0. The molecule has 0 aromatic heterocycles. The Morgan fingerprint density at radius 1 is 1.19 bits per heavy atom. The molecule has 0 aliphatic carbocycles. The molecule has 0 unspecified atom stereocenters. The SMILES string of the molecule is COc1ccccc1CCNC(=O)NCCOCC(=O)O. The summed E-state index contributed by atoms with van der Waals surface area (Å²) in [4.78, 5) is 21.6. The van der Waals surface area contributed by atoms with Crippen LogP contribution in [0.2, 0.25) is 0 Å². The number of carbonyl (C=O) groups excluding carboxylic acids is 1. The summed E-state index contributed by atoms with van der Waals surface area (Å²) in [5, 5.41) is 13.6. The van der Waals surface area contributed by atoms with Gasteiger partial charge in [0.05, 0.1) is 13.7 Å². The van der Waals surface area contributed by atoms with Crippen LogP contribution < -0.4 is 15.4 Å². The second kappa shape index (κ2) is 9.60. The van der Waals surface area contributed by atoms with E-state index in [1.807, 2.05) is 24.3 Å². The van der Waals surface area contributed by atoms with E-state index >= 15 is 0 Å². The van der Waals surface area contributed by atoms with E-state index in [-0.39, 0.29) is 25.8 Å². The quantitative estimate of drug-likeness (QED) is 0.581. The first-order chi connectivity index (χ1) is 10.1. The minimum absolute atomic E-state index is 0.159. The highest BCUT2D eigenvalue weighted by molar-refractivity contribution is 5.73. The van der Waals surface area contributed by atoms with Gasteiger partial charge in [0.2, 0.25) is 0 Å². The third-order valence-corrected chi connectivity index (χ3v) is 2.63. The second-order valence-electron chi connectivity index (χ2n) is 4.19. The molecule has 0 fully saturated rings. The van der Waals surface area contributed by atoms with Crippen LogP contribution in [0.3, 0.4) is 0 Å². The fraction of sp³-hybridized carbons (Fsp3) is 0.429. The molecule has 3 N–H and O–H groups in total. The molecule has 1 rings (SSSR count). The van der Waals surface area contributed by atoms with E-state index in [9.17, 15) is 9.59 Å². The van der Waals surface area contributed by atoms with E-state index in [4.69, 9.17) is 14.6 Å². The molecule has 0 spiro atoms. The van der Waals surface area contributed by atoms with Gasteiger partial charge in [-0.2, -0.15) is 0 Å². The van der Waals surface area contributed by atoms with Gasteiger partial charge < -0.3 is 25.2 Å². The number of carbonyl (C=O) groups is 2. The van der Waals surface area contributed by atoms with Crippen molar-refractivity contribution in [2.45, 2.75) is 6.42 Å². The molecule has 0 saturated carbocycles. The summed E-state index contributed by atoms with van der Waals surface area (Å²) in [5.74, 6) is -0.238. The van der Waals surface area contributed by atoms with Gasteiger partial charge in [-0.25, -0.2) is 9.59 Å². The van der Waals surface area contributed by atoms with E-state index < -0.39 is 5.97 Å². The number of para-hydroxylation sites is 1. The van der Waals surface area contributed by atoms with Gasteiger partial charge >= 0.3 is 12.0 Å². The highest BCUT2D eigenvalue weighted by Gasteiger charge is 2.03. The Hall–Kier alpha value is -2.28. The lowest BCUT2D eigenvalue weighted by Crippen LogP contribution is -2.38. The molecule has 0 bridgehead atoms. The van der Waals surface area contributed by atoms with E-state index in [1.165, 1.54) is 0 Å². The van der Waals surface area contributed by atoms with Crippen LogP contribution in [0.5, 0.6) is 5.75 Å². The smallest absolute Gasteiger partial charge is 0.329 e. The van der Waals surface area contributed by atoms with Crippen LogP contribution in [-0.2, 0) is 16.0 Å². The Morgan fingerprint density at radius 3 is 2.62 bits per heavy atom. The largest absolute Gasteiger partial charge is 0.496 e. The average Bonchev–Trinajstić information content (AvgIpc) is 2.47. The van der Waals surface area contributed by atoms with Crippen molar-refractivity contribution >= 4 is 12.0 Å². The first-order valence-electron chi connectivity index (χ1n) is 6.56. The fourth-order valence-electron chi connectivity index (χ4n) is 1.68. The normalized spacial score (nSPS) is 9.95. The molecule has 2 amide bonds. The summed E-state index contributed by atoms with van der Waals surface area (Å²) >= 11 is 0. The maximum atomic E-state index is 11.5. The van der Waals surface area contributed by atoms with Crippen LogP contribution in [0, 0.1) is 0 Å². The number of benzene rings is 1. The molecule has 21 heavy (non-hydrogen) atoms. The lowest BCUT2D eigenvalue weighted by Gasteiger charge is -2.10. The first kappa shape index (κ1) is 16.8. The van der Waals surface area contributed by atoms with E-state index in [0.717, 1.165) is 11.3 Å². The Kier molecular flexibility index (Phi) is 7.67. The third-order valence-electron chi connectivity index (χ3n) is 2.63. The predicted molar refractivity (Wildman–Crippen MR) is 76.6 cm³/mol. The molecule has 116 valence electrons. The van der Waals surface area contributed by atoms with E-state index in [0.29, 0.717) is 13.0 Å². The van der Waals surface area contributed by atoms with Gasteiger partial charge in [-0.1, -0.05) is 18.2 Å². The van der Waals surface area contributed by atoms with E-state index in [2.05, 4.69) is 10.6 Å². The number of urea groups is 1. The lowest BCUT2D eigenvalue weighted by atomic mass is 10.1. The van der Waals surface area contributed by atoms with Crippen LogP contribution in [0.4, 0.5) is 4.79 Å². The van der Waals surface area contributed by atoms with Crippen LogP contribution in [0.25, 0.3) is 0 Å². The molecule has 0 saturated heterocycles. The zero-order chi connectivity index (χ0) is 15.5.